The van der Waals surface area contributed by atoms with Crippen molar-refractivity contribution in [2.45, 2.75) is 51.9 Å². The van der Waals surface area contributed by atoms with E-state index in [2.05, 4.69) is 24.7 Å². The second kappa shape index (κ2) is 10.8. The van der Waals surface area contributed by atoms with Gasteiger partial charge in [0.15, 0.2) is 0 Å². The third-order valence-corrected chi connectivity index (χ3v) is 6.97. The number of esters is 2. The maximum absolute atomic E-state index is 12.5. The molecule has 0 amide bonds. The van der Waals surface area contributed by atoms with Gasteiger partial charge in [0.1, 0.15) is 6.73 Å². The van der Waals surface area contributed by atoms with Crippen molar-refractivity contribution in [1.82, 2.24) is 9.78 Å². The minimum Gasteiger partial charge on any atom is -0.466 e. The molecule has 7 nitrogen and oxygen atoms in total. The number of rotatable bonds is 10. The van der Waals surface area contributed by atoms with Crippen LogP contribution in [0.25, 0.3) is 10.9 Å². The molecule has 0 radical (unpaired) electrons. The summed E-state index contributed by atoms with van der Waals surface area (Å²) >= 11 is 0. The Morgan fingerprint density at radius 2 is 1.85 bits per heavy atom. The number of methoxy groups -OCH3 is 1. The van der Waals surface area contributed by atoms with Crippen LogP contribution in [0.3, 0.4) is 0 Å². The molecule has 3 aromatic rings. The van der Waals surface area contributed by atoms with Crippen LogP contribution < -0.4 is 0 Å². The van der Waals surface area contributed by atoms with Crippen LogP contribution in [0.2, 0.25) is 25.7 Å². The van der Waals surface area contributed by atoms with Gasteiger partial charge in [-0.25, -0.2) is 14.3 Å². The summed E-state index contributed by atoms with van der Waals surface area (Å²) < 4.78 is 18.0. The standard InChI is InChI=1S/C25H32N2O5Si/c1-18-13-19(14-21-16-27(26-23(18)21)17-31-11-12-33(3,4)5)15-22(25(29)30-2)32-24(28)20-9-7-6-8-10-20/h6-10,13-14,16,22H,11-12,15,17H2,1-5H3/t22-/m1/s1. The van der Waals surface area contributed by atoms with Gasteiger partial charge in [0, 0.05) is 32.7 Å². The second-order valence-electron chi connectivity index (χ2n) is 9.35. The molecule has 0 saturated heterocycles. The van der Waals surface area contributed by atoms with Crippen LogP contribution in [-0.4, -0.2) is 49.6 Å². The van der Waals surface area contributed by atoms with Gasteiger partial charge >= 0.3 is 11.9 Å². The van der Waals surface area contributed by atoms with Gasteiger partial charge in [-0.15, -0.1) is 0 Å². The Kier molecular flexibility index (Phi) is 8.04. The van der Waals surface area contributed by atoms with E-state index in [0.717, 1.165) is 34.7 Å². The number of hydrogen-bond donors (Lipinski definition) is 0. The molecule has 1 heterocycles. The van der Waals surface area contributed by atoms with E-state index in [1.165, 1.54) is 7.11 Å². The molecule has 0 unspecified atom stereocenters. The molecule has 3 rings (SSSR count). The fourth-order valence-electron chi connectivity index (χ4n) is 3.45. The molecule has 0 N–H and O–H groups in total. The average Bonchev–Trinajstić information content (AvgIpc) is 3.19. The molecule has 0 fully saturated rings. The number of nitrogens with zero attached hydrogens (tertiary/aromatic N) is 2. The first-order valence-corrected chi connectivity index (χ1v) is 14.8. The molecule has 0 aliphatic carbocycles. The molecule has 8 heteroatoms. The lowest BCUT2D eigenvalue weighted by atomic mass is 10.0. The van der Waals surface area contributed by atoms with Crippen molar-refractivity contribution in [3.05, 3.63) is 65.4 Å². The number of carbonyl (C=O) groups is 2. The Labute approximate surface area is 195 Å². The Morgan fingerprint density at radius 3 is 2.52 bits per heavy atom. The SMILES string of the molecule is COC(=O)[C@@H](Cc1cc(C)c2nn(COCC[Si](C)(C)C)cc2c1)OC(=O)c1ccccc1. The first kappa shape index (κ1) is 24.7. The topological polar surface area (TPSA) is 79.7 Å². The summed E-state index contributed by atoms with van der Waals surface area (Å²) in [5.74, 6) is -1.16. The molecular weight excluding hydrogens is 436 g/mol. The van der Waals surface area contributed by atoms with Gasteiger partial charge in [0.25, 0.3) is 0 Å². The van der Waals surface area contributed by atoms with Gasteiger partial charge in [-0.05, 0) is 42.3 Å². The number of aromatic nitrogens is 2. The molecule has 2 aromatic carbocycles. The zero-order chi connectivity index (χ0) is 24.0. The highest BCUT2D eigenvalue weighted by Crippen LogP contribution is 2.22. The molecule has 0 aliphatic heterocycles. The number of ether oxygens (including phenoxy) is 3. The van der Waals surface area contributed by atoms with E-state index in [1.807, 2.05) is 31.3 Å². The van der Waals surface area contributed by atoms with Gasteiger partial charge < -0.3 is 14.2 Å². The first-order valence-electron chi connectivity index (χ1n) is 11.0. The normalized spacial score (nSPS) is 12.5. The minimum absolute atomic E-state index is 0.208. The lowest BCUT2D eigenvalue weighted by Crippen LogP contribution is -2.30. The molecule has 33 heavy (non-hydrogen) atoms. The number of benzene rings is 2. The summed E-state index contributed by atoms with van der Waals surface area (Å²) in [6.45, 7) is 10.1. The third-order valence-electron chi connectivity index (χ3n) is 5.27. The number of carbonyl (C=O) groups excluding carboxylic acids is 2. The van der Waals surface area contributed by atoms with E-state index in [4.69, 9.17) is 14.2 Å². The van der Waals surface area contributed by atoms with E-state index in [9.17, 15) is 9.59 Å². The molecule has 0 spiro atoms. The van der Waals surface area contributed by atoms with Crippen LogP contribution in [0.4, 0.5) is 0 Å². The van der Waals surface area contributed by atoms with Crippen molar-refractivity contribution in [2.24, 2.45) is 0 Å². The Bertz CT molecular complexity index is 1110. The summed E-state index contributed by atoms with van der Waals surface area (Å²) in [7, 11) is 0.150. The van der Waals surface area contributed by atoms with Crippen LogP contribution in [0, 0.1) is 6.92 Å². The van der Waals surface area contributed by atoms with Crippen molar-refractivity contribution in [1.29, 1.82) is 0 Å². The van der Waals surface area contributed by atoms with Crippen LogP contribution >= 0.6 is 0 Å². The van der Waals surface area contributed by atoms with Crippen molar-refractivity contribution >= 4 is 30.9 Å². The highest BCUT2D eigenvalue weighted by Gasteiger charge is 2.25. The summed E-state index contributed by atoms with van der Waals surface area (Å²) in [4.78, 5) is 24.8. The first-order chi connectivity index (χ1) is 15.7. The predicted molar refractivity (Wildman–Crippen MR) is 130 cm³/mol. The van der Waals surface area contributed by atoms with Gasteiger partial charge in [-0.3, -0.25) is 0 Å². The van der Waals surface area contributed by atoms with Gasteiger partial charge in [0.2, 0.25) is 6.10 Å². The van der Waals surface area contributed by atoms with Gasteiger partial charge in [-0.2, -0.15) is 5.10 Å². The van der Waals surface area contributed by atoms with Crippen LogP contribution in [-0.2, 0) is 32.2 Å². The summed E-state index contributed by atoms with van der Waals surface area (Å²) in [6, 6.07) is 13.6. The highest BCUT2D eigenvalue weighted by atomic mass is 28.3. The molecular formula is C25H32N2O5Si. The Morgan fingerprint density at radius 1 is 1.12 bits per heavy atom. The molecule has 0 saturated carbocycles. The summed E-state index contributed by atoms with van der Waals surface area (Å²) in [6.07, 6.45) is 1.10. The molecule has 0 bridgehead atoms. The lowest BCUT2D eigenvalue weighted by Gasteiger charge is -2.16. The molecule has 0 aliphatic rings. The van der Waals surface area contributed by atoms with Crippen LogP contribution in [0.15, 0.2) is 48.7 Å². The third kappa shape index (κ3) is 7.00. The van der Waals surface area contributed by atoms with Crippen molar-refractivity contribution in [3.63, 3.8) is 0 Å². The van der Waals surface area contributed by atoms with Crippen LogP contribution in [0.1, 0.15) is 21.5 Å². The molecule has 1 atom stereocenters. The van der Waals surface area contributed by atoms with E-state index in [-0.39, 0.29) is 6.42 Å². The maximum atomic E-state index is 12.5. The predicted octanol–water partition coefficient (Wildman–Crippen LogP) is 4.60. The van der Waals surface area contributed by atoms with E-state index in [1.54, 1.807) is 28.9 Å². The Hall–Kier alpha value is -2.97. The zero-order valence-corrected chi connectivity index (χ0v) is 21.0. The molecule has 1 aromatic heterocycles. The largest absolute Gasteiger partial charge is 0.466 e. The highest BCUT2D eigenvalue weighted by molar-refractivity contribution is 6.76. The van der Waals surface area contributed by atoms with E-state index < -0.39 is 26.1 Å². The van der Waals surface area contributed by atoms with Gasteiger partial charge in [-0.1, -0.05) is 43.9 Å². The van der Waals surface area contributed by atoms with Gasteiger partial charge in [0.05, 0.1) is 18.2 Å². The summed E-state index contributed by atoms with van der Waals surface area (Å²) in [5.41, 5.74) is 3.09. The second-order valence-corrected chi connectivity index (χ2v) is 15.0. The number of aryl methyl sites for hydroxylation is 1. The van der Waals surface area contributed by atoms with Crippen molar-refractivity contribution < 1.29 is 23.8 Å². The minimum atomic E-state index is -1.13. The van der Waals surface area contributed by atoms with Crippen molar-refractivity contribution in [2.75, 3.05) is 13.7 Å². The smallest absolute Gasteiger partial charge is 0.347 e. The average molecular weight is 469 g/mol. The fourth-order valence-corrected chi connectivity index (χ4v) is 4.20. The zero-order valence-electron chi connectivity index (χ0n) is 20.0. The Balaban J connectivity index is 1.73. The van der Waals surface area contributed by atoms with Crippen molar-refractivity contribution in [3.8, 4) is 0 Å². The fraction of sp³-hybridized carbons (Fsp3) is 0.400. The summed E-state index contributed by atoms with van der Waals surface area (Å²) in [5, 5.41) is 5.57. The van der Waals surface area contributed by atoms with E-state index in [0.29, 0.717) is 12.3 Å². The van der Waals surface area contributed by atoms with E-state index >= 15 is 0 Å². The van der Waals surface area contributed by atoms with Crippen LogP contribution in [0.5, 0.6) is 0 Å². The number of fused-ring (bicyclic) bond motifs is 1. The monoisotopic (exact) mass is 468 g/mol. The number of hydrogen-bond acceptors (Lipinski definition) is 6. The maximum Gasteiger partial charge on any atom is 0.347 e. The quantitative estimate of drug-likeness (QED) is 0.246. The molecule has 176 valence electrons. The lowest BCUT2D eigenvalue weighted by molar-refractivity contribution is -0.150.